The van der Waals surface area contributed by atoms with Crippen LogP contribution in [0.25, 0.3) is 0 Å². The summed E-state index contributed by atoms with van der Waals surface area (Å²) in [7, 11) is -3.49. The first kappa shape index (κ1) is 15.6. The lowest BCUT2D eigenvalue weighted by molar-refractivity contribution is 0.140. The van der Waals surface area contributed by atoms with Crippen molar-refractivity contribution < 1.29 is 18.3 Å². The fraction of sp³-hybridized carbons (Fsp3) is 0.500. The second-order valence-electron chi connectivity index (χ2n) is 5.53. The first-order valence-electron chi connectivity index (χ1n) is 6.88. The molecule has 7 heteroatoms. The predicted molar refractivity (Wildman–Crippen MR) is 79.9 cm³/mol. The van der Waals surface area contributed by atoms with Crippen LogP contribution in [0.4, 0.5) is 10.5 Å². The highest BCUT2D eigenvalue weighted by atomic mass is 32.2. The topological polar surface area (TPSA) is 101 Å². The van der Waals surface area contributed by atoms with Gasteiger partial charge in [0.15, 0.2) is 9.84 Å². The Hall–Kier alpha value is -1.76. The molecule has 3 N–H and O–H groups in total. The SMILES string of the molecule is CC(C)S(=O)(=O)c1ccc(N)cc1C1CCCN1C(=O)O. The van der Waals surface area contributed by atoms with Crippen molar-refractivity contribution in [3.8, 4) is 0 Å². The Morgan fingerprint density at radius 1 is 1.43 bits per heavy atom. The first-order chi connectivity index (χ1) is 9.75. The molecule has 0 aromatic heterocycles. The Balaban J connectivity index is 2.58. The third-order valence-electron chi connectivity index (χ3n) is 3.82. The van der Waals surface area contributed by atoms with E-state index in [-0.39, 0.29) is 4.90 Å². The highest BCUT2D eigenvalue weighted by molar-refractivity contribution is 7.92. The molecule has 0 bridgehead atoms. The molecule has 0 spiro atoms. The summed E-state index contributed by atoms with van der Waals surface area (Å²) in [5.74, 6) is 0. The standard InChI is InChI=1S/C14H20N2O4S/c1-9(2)21(19,20)13-6-5-10(15)8-11(13)12-4-3-7-16(12)14(17)18/h5-6,8-9,12H,3-4,7,15H2,1-2H3,(H,17,18). The van der Waals surface area contributed by atoms with E-state index < -0.39 is 27.2 Å². The van der Waals surface area contributed by atoms with E-state index >= 15 is 0 Å². The van der Waals surface area contributed by atoms with Crippen LogP contribution in [-0.4, -0.2) is 36.3 Å². The monoisotopic (exact) mass is 312 g/mol. The van der Waals surface area contributed by atoms with Crippen LogP contribution in [0.3, 0.4) is 0 Å². The molecule has 1 aliphatic rings. The molecule has 1 aromatic carbocycles. The van der Waals surface area contributed by atoms with Gasteiger partial charge in [-0.2, -0.15) is 0 Å². The Kier molecular flexibility index (Phi) is 4.13. The summed E-state index contributed by atoms with van der Waals surface area (Å²) in [6, 6.07) is 4.16. The molecule has 0 radical (unpaired) electrons. The van der Waals surface area contributed by atoms with Crippen molar-refractivity contribution in [1.82, 2.24) is 4.90 Å². The molecule has 1 aliphatic heterocycles. The molecule has 1 atom stereocenters. The van der Waals surface area contributed by atoms with E-state index in [2.05, 4.69) is 0 Å². The van der Waals surface area contributed by atoms with Gasteiger partial charge < -0.3 is 15.7 Å². The fourth-order valence-electron chi connectivity index (χ4n) is 2.66. The highest BCUT2D eigenvalue weighted by Crippen LogP contribution is 2.37. The van der Waals surface area contributed by atoms with E-state index in [4.69, 9.17) is 5.73 Å². The van der Waals surface area contributed by atoms with E-state index in [1.807, 2.05) is 0 Å². The molecular formula is C14H20N2O4S. The molecule has 0 aliphatic carbocycles. The third-order valence-corrected chi connectivity index (χ3v) is 6.04. The first-order valence-corrected chi connectivity index (χ1v) is 8.42. The molecule has 1 fully saturated rings. The maximum Gasteiger partial charge on any atom is 0.407 e. The van der Waals surface area contributed by atoms with Crippen molar-refractivity contribution >= 4 is 21.6 Å². The van der Waals surface area contributed by atoms with Crippen molar-refractivity contribution in [2.24, 2.45) is 0 Å². The second-order valence-corrected chi connectivity index (χ2v) is 8.00. The van der Waals surface area contributed by atoms with Crippen molar-refractivity contribution in [3.63, 3.8) is 0 Å². The number of amides is 1. The van der Waals surface area contributed by atoms with Crippen LogP contribution in [0.2, 0.25) is 0 Å². The van der Waals surface area contributed by atoms with Crippen LogP contribution in [0, 0.1) is 0 Å². The number of carbonyl (C=O) groups is 1. The number of hydrogen-bond donors (Lipinski definition) is 2. The summed E-state index contributed by atoms with van der Waals surface area (Å²) in [5, 5.41) is 8.69. The van der Waals surface area contributed by atoms with E-state index in [9.17, 15) is 18.3 Å². The summed E-state index contributed by atoms with van der Waals surface area (Å²) in [6.07, 6.45) is 0.288. The number of anilines is 1. The number of nitrogen functional groups attached to an aromatic ring is 1. The number of likely N-dealkylation sites (tertiary alicyclic amines) is 1. The van der Waals surface area contributed by atoms with Gasteiger partial charge in [0.1, 0.15) is 0 Å². The lowest BCUT2D eigenvalue weighted by Crippen LogP contribution is -2.30. The van der Waals surface area contributed by atoms with Crippen molar-refractivity contribution in [3.05, 3.63) is 23.8 Å². The number of nitrogens with two attached hydrogens (primary N) is 1. The van der Waals surface area contributed by atoms with Crippen LogP contribution in [0.15, 0.2) is 23.1 Å². The van der Waals surface area contributed by atoms with Crippen LogP contribution in [-0.2, 0) is 9.84 Å². The Morgan fingerprint density at radius 2 is 2.10 bits per heavy atom. The quantitative estimate of drug-likeness (QED) is 0.834. The molecule has 0 saturated carbocycles. The molecule has 1 aromatic rings. The van der Waals surface area contributed by atoms with Crippen LogP contribution >= 0.6 is 0 Å². The number of nitrogens with zero attached hydrogens (tertiary/aromatic N) is 1. The minimum atomic E-state index is -3.49. The third kappa shape index (κ3) is 2.83. The second kappa shape index (κ2) is 5.55. The molecule has 116 valence electrons. The predicted octanol–water partition coefficient (Wildman–Crippen LogP) is 2.27. The zero-order valence-corrected chi connectivity index (χ0v) is 12.9. The van der Waals surface area contributed by atoms with Crippen molar-refractivity contribution in [1.29, 1.82) is 0 Å². The summed E-state index contributed by atoms with van der Waals surface area (Å²) < 4.78 is 25.0. The summed E-state index contributed by atoms with van der Waals surface area (Å²) >= 11 is 0. The van der Waals surface area contributed by atoms with Crippen LogP contribution in [0.5, 0.6) is 0 Å². The van der Waals surface area contributed by atoms with Gasteiger partial charge >= 0.3 is 6.09 Å². The maximum absolute atomic E-state index is 12.5. The van der Waals surface area contributed by atoms with Crippen molar-refractivity contribution in [2.75, 3.05) is 12.3 Å². The minimum Gasteiger partial charge on any atom is -0.465 e. The van der Waals surface area contributed by atoms with E-state index in [1.54, 1.807) is 26.0 Å². The fourth-order valence-corrected chi connectivity index (χ4v) is 3.95. The van der Waals surface area contributed by atoms with E-state index in [0.29, 0.717) is 30.6 Å². The molecule has 1 heterocycles. The Labute approximate surface area is 124 Å². The van der Waals surface area contributed by atoms with Gasteiger partial charge in [0.2, 0.25) is 0 Å². The number of rotatable bonds is 3. The highest BCUT2D eigenvalue weighted by Gasteiger charge is 2.34. The van der Waals surface area contributed by atoms with Gasteiger partial charge in [0, 0.05) is 12.2 Å². The lowest BCUT2D eigenvalue weighted by atomic mass is 10.0. The summed E-state index contributed by atoms with van der Waals surface area (Å²) in [6.45, 7) is 3.63. The number of carboxylic acid groups (broad SMARTS) is 1. The van der Waals surface area contributed by atoms with Gasteiger partial charge in [-0.25, -0.2) is 13.2 Å². The number of benzene rings is 1. The maximum atomic E-state index is 12.5. The minimum absolute atomic E-state index is 0.185. The van der Waals surface area contributed by atoms with Crippen LogP contribution < -0.4 is 5.73 Å². The van der Waals surface area contributed by atoms with E-state index in [1.165, 1.54) is 11.0 Å². The zero-order chi connectivity index (χ0) is 15.8. The van der Waals surface area contributed by atoms with Gasteiger partial charge in [-0.15, -0.1) is 0 Å². The lowest BCUT2D eigenvalue weighted by Gasteiger charge is -2.25. The molecule has 21 heavy (non-hydrogen) atoms. The average Bonchev–Trinajstić information content (AvgIpc) is 2.87. The van der Waals surface area contributed by atoms with Gasteiger partial charge in [-0.1, -0.05) is 0 Å². The van der Waals surface area contributed by atoms with Crippen molar-refractivity contribution in [2.45, 2.75) is 42.9 Å². The summed E-state index contributed by atoms with van der Waals surface area (Å²) in [5.41, 5.74) is 6.70. The largest absolute Gasteiger partial charge is 0.465 e. The van der Waals surface area contributed by atoms with Gasteiger partial charge in [-0.3, -0.25) is 0 Å². The molecule has 1 saturated heterocycles. The smallest absolute Gasteiger partial charge is 0.407 e. The molecular weight excluding hydrogens is 292 g/mol. The Morgan fingerprint density at radius 3 is 2.67 bits per heavy atom. The van der Waals surface area contributed by atoms with Gasteiger partial charge in [-0.05, 0) is 50.5 Å². The van der Waals surface area contributed by atoms with E-state index in [0.717, 1.165) is 0 Å². The average molecular weight is 312 g/mol. The van der Waals surface area contributed by atoms with Crippen LogP contribution in [0.1, 0.15) is 38.3 Å². The molecule has 6 nitrogen and oxygen atoms in total. The number of hydrogen-bond acceptors (Lipinski definition) is 4. The van der Waals surface area contributed by atoms with Gasteiger partial charge in [0.05, 0.1) is 16.2 Å². The molecule has 1 unspecified atom stereocenters. The zero-order valence-electron chi connectivity index (χ0n) is 12.1. The number of sulfone groups is 1. The molecule has 2 rings (SSSR count). The molecule has 1 amide bonds. The summed E-state index contributed by atoms with van der Waals surface area (Å²) in [4.78, 5) is 12.8. The normalized spacial score (nSPS) is 19.2. The van der Waals surface area contributed by atoms with Gasteiger partial charge in [0.25, 0.3) is 0 Å². The Bertz CT molecular complexity index is 655.